The molecule has 0 saturated heterocycles. The molecule has 0 bridgehead atoms. The second-order valence-corrected chi connectivity index (χ2v) is 8.52. The number of hydrogen-bond acceptors (Lipinski definition) is 7. The Morgan fingerprint density at radius 2 is 1.30 bits per heavy atom. The van der Waals surface area contributed by atoms with Crippen LogP contribution >= 0.6 is 23.2 Å². The van der Waals surface area contributed by atoms with Gasteiger partial charge in [0.25, 0.3) is 0 Å². The summed E-state index contributed by atoms with van der Waals surface area (Å²) in [7, 11) is -7.50. The van der Waals surface area contributed by atoms with Crippen molar-refractivity contribution in [1.82, 2.24) is 0 Å². The Bertz CT molecular complexity index is 930. The molecule has 0 aliphatic heterocycles. The van der Waals surface area contributed by atoms with Crippen molar-refractivity contribution in [2.75, 3.05) is 6.54 Å². The number of rotatable bonds is 6. The smallest absolute Gasteiger partial charge is 0.480 e. The molecule has 2 aromatic carbocycles. The fourth-order valence-electron chi connectivity index (χ4n) is 2.22. The van der Waals surface area contributed by atoms with Crippen LogP contribution in [0.15, 0.2) is 50.6 Å². The van der Waals surface area contributed by atoms with Crippen LogP contribution in [0.5, 0.6) is 0 Å². The summed E-state index contributed by atoms with van der Waals surface area (Å²) in [6, 6.07) is 7.23. The maximum Gasteiger partial charge on any atom is 0.488 e. The van der Waals surface area contributed by atoms with E-state index in [4.69, 9.17) is 28.3 Å². The molecule has 142 valence electrons. The molecule has 0 saturated carbocycles. The van der Waals surface area contributed by atoms with Gasteiger partial charge in [-0.05, 0) is 47.3 Å². The number of halogens is 2. The molecule has 0 radical (unpaired) electrons. The molecule has 0 aliphatic rings. The third-order valence-electron chi connectivity index (χ3n) is 3.40. The molecule has 8 nitrogen and oxygen atoms in total. The second kappa shape index (κ2) is 8.61. The number of carboxylic acids is 1. The summed E-state index contributed by atoms with van der Waals surface area (Å²) >= 11 is 11.9. The Hall–Kier alpha value is -1.59. The average molecular weight is 432 g/mol. The topological polar surface area (TPSA) is 148 Å². The molecular weight excluding hydrogens is 419 g/mol. The van der Waals surface area contributed by atoms with Crippen molar-refractivity contribution in [3.8, 4) is 0 Å². The first-order valence-electron chi connectivity index (χ1n) is 7.31. The van der Waals surface area contributed by atoms with E-state index < -0.39 is 36.5 Å². The van der Waals surface area contributed by atoms with Crippen LogP contribution in [0, 0.1) is 0 Å². The molecule has 0 fully saturated rings. The molecule has 0 aromatic heterocycles. The summed E-state index contributed by atoms with van der Waals surface area (Å²) in [6.45, 7) is -0.827. The highest BCUT2D eigenvalue weighted by Gasteiger charge is 2.24. The largest absolute Gasteiger partial charge is 0.488 e. The minimum atomic E-state index is -3.67. The fourth-order valence-corrected chi connectivity index (χ4v) is 4.86. The third kappa shape index (κ3) is 5.23. The zero-order valence-corrected chi connectivity index (χ0v) is 15.8. The van der Waals surface area contributed by atoms with Gasteiger partial charge in [-0.15, -0.1) is 0 Å². The van der Waals surface area contributed by atoms with E-state index in [9.17, 15) is 29.1 Å². The lowest BCUT2D eigenvalue weighted by Crippen LogP contribution is -2.31. The first kappa shape index (κ1) is 21.7. The van der Waals surface area contributed by atoms with Gasteiger partial charge >= 0.3 is 20.2 Å². The number of aliphatic carboxylic acids is 1. The van der Waals surface area contributed by atoms with Crippen molar-refractivity contribution in [2.45, 2.75) is 9.79 Å². The average Bonchev–Trinajstić information content (AvgIpc) is 2.58. The van der Waals surface area contributed by atoms with Gasteiger partial charge in [0.05, 0.1) is 9.79 Å². The molecule has 5 N–H and O–H groups in total. The molecule has 2 aromatic rings. The second-order valence-electron chi connectivity index (χ2n) is 5.39. The molecule has 13 heteroatoms. The van der Waals surface area contributed by atoms with E-state index in [-0.39, 0.29) is 30.8 Å². The summed E-state index contributed by atoms with van der Waals surface area (Å²) in [5.41, 5.74) is -0.166. The number of nitrogens with zero attached hydrogens (tertiary/aromatic N) is 1. The number of carbonyl (C=O) groups is 1. The molecule has 0 aliphatic carbocycles. The van der Waals surface area contributed by atoms with Crippen LogP contribution in [0.4, 0.5) is 0 Å². The number of hydrogen-bond donors (Lipinski definition) is 5. The van der Waals surface area contributed by atoms with Gasteiger partial charge in [-0.1, -0.05) is 23.2 Å². The predicted molar refractivity (Wildman–Crippen MR) is 102 cm³/mol. The van der Waals surface area contributed by atoms with E-state index in [1.54, 1.807) is 0 Å². The van der Waals surface area contributed by atoms with Gasteiger partial charge in [0.2, 0.25) is 0 Å². The van der Waals surface area contributed by atoms with Crippen molar-refractivity contribution in [1.29, 1.82) is 0 Å². The van der Waals surface area contributed by atoms with Gasteiger partial charge in [0.1, 0.15) is 16.3 Å². The van der Waals surface area contributed by atoms with Crippen LogP contribution in [-0.4, -0.2) is 56.2 Å². The quantitative estimate of drug-likeness (QED) is 0.381. The lowest BCUT2D eigenvalue weighted by Gasteiger charge is -2.14. The normalized spacial score (nSPS) is 11.2. The molecule has 27 heavy (non-hydrogen) atoms. The first-order chi connectivity index (χ1) is 12.5. The maximum atomic E-state index is 13.7. The van der Waals surface area contributed by atoms with Gasteiger partial charge in [0.15, 0.2) is 0 Å². The lowest BCUT2D eigenvalue weighted by molar-refractivity contribution is -0.135. The predicted octanol–water partition coefficient (Wildman–Crippen LogP) is -0.676. The summed E-state index contributed by atoms with van der Waals surface area (Å²) in [5.74, 6) is -1.35. The zero-order valence-electron chi connectivity index (χ0n) is 13.5. The van der Waals surface area contributed by atoms with E-state index in [0.717, 1.165) is 12.1 Å². The summed E-state index contributed by atoms with van der Waals surface area (Å²) in [6.07, 6.45) is 0. The van der Waals surface area contributed by atoms with Gasteiger partial charge in [-0.2, -0.15) is 0 Å². The van der Waals surface area contributed by atoms with E-state index in [1.165, 1.54) is 24.3 Å². The van der Waals surface area contributed by atoms with Crippen LogP contribution < -0.4 is 10.9 Å². The fraction of sp³-hybridized carbons (Fsp3) is 0.0714. The Balaban J connectivity index is 2.82. The lowest BCUT2D eigenvalue weighted by atomic mass is 9.80. The summed E-state index contributed by atoms with van der Waals surface area (Å²) in [4.78, 5) is 10.8. The van der Waals surface area contributed by atoms with Gasteiger partial charge in [-0.25, -0.2) is 8.57 Å². The number of carboxylic acid groups (broad SMARTS) is 1. The van der Waals surface area contributed by atoms with Crippen molar-refractivity contribution >= 4 is 64.1 Å². The Labute approximate surface area is 165 Å². The Kier molecular flexibility index (Phi) is 6.92. The van der Waals surface area contributed by atoms with E-state index in [2.05, 4.69) is 4.36 Å². The minimum absolute atomic E-state index is 0.0123. The van der Waals surface area contributed by atoms with Crippen molar-refractivity contribution in [3.05, 3.63) is 46.4 Å². The zero-order chi connectivity index (χ0) is 20.4. The minimum Gasteiger partial charge on any atom is -0.480 e. The standard InChI is InChI=1S/C14H13B2Cl2NO7S/c17-10-1-8(15(22)23)3-12(5-10)27(26,19-7-14(20)21)13-4-9(16(24)25)2-11(18)6-13/h1-6,22-25H,7H2,(H,20,21). The molecular formula is C14H13B2Cl2NO7S. The van der Waals surface area contributed by atoms with Crippen LogP contribution in [0.25, 0.3) is 0 Å². The Morgan fingerprint density at radius 3 is 1.63 bits per heavy atom. The molecule has 0 spiro atoms. The highest BCUT2D eigenvalue weighted by atomic mass is 35.5. The summed E-state index contributed by atoms with van der Waals surface area (Å²) in [5, 5.41) is 46.5. The van der Waals surface area contributed by atoms with E-state index in [0.29, 0.717) is 0 Å². The van der Waals surface area contributed by atoms with Crippen molar-refractivity contribution < 1.29 is 34.2 Å². The maximum absolute atomic E-state index is 13.7. The molecule has 0 amide bonds. The van der Waals surface area contributed by atoms with E-state index in [1.807, 2.05) is 0 Å². The van der Waals surface area contributed by atoms with Crippen LogP contribution in [0.3, 0.4) is 0 Å². The SMILES string of the molecule is O=C(O)CN=S(=O)(c1cc(Cl)cc(B(O)O)c1)c1cc(Cl)cc(B(O)O)c1. The van der Waals surface area contributed by atoms with Crippen molar-refractivity contribution in [3.63, 3.8) is 0 Å². The highest BCUT2D eigenvalue weighted by Crippen LogP contribution is 2.27. The Morgan fingerprint density at radius 1 is 0.889 bits per heavy atom. The van der Waals surface area contributed by atoms with E-state index >= 15 is 0 Å². The molecule has 0 unspecified atom stereocenters. The van der Waals surface area contributed by atoms with Gasteiger partial charge in [-0.3, -0.25) is 4.79 Å². The highest BCUT2D eigenvalue weighted by molar-refractivity contribution is 7.93. The van der Waals surface area contributed by atoms with Crippen molar-refractivity contribution in [2.24, 2.45) is 4.36 Å². The molecule has 0 heterocycles. The van der Waals surface area contributed by atoms with Crippen LogP contribution in [-0.2, 0) is 14.5 Å². The third-order valence-corrected chi connectivity index (χ3v) is 6.08. The van der Waals surface area contributed by atoms with Crippen LogP contribution in [0.2, 0.25) is 10.0 Å². The number of benzene rings is 2. The van der Waals surface area contributed by atoms with Gasteiger partial charge < -0.3 is 25.2 Å². The molecule has 0 atom stereocenters. The van der Waals surface area contributed by atoms with Crippen LogP contribution in [0.1, 0.15) is 0 Å². The summed E-state index contributed by atoms with van der Waals surface area (Å²) < 4.78 is 17.4. The monoisotopic (exact) mass is 431 g/mol. The van der Waals surface area contributed by atoms with Gasteiger partial charge in [0, 0.05) is 10.0 Å². The molecule has 2 rings (SSSR count). The first-order valence-corrected chi connectivity index (χ1v) is 9.58.